The summed E-state index contributed by atoms with van der Waals surface area (Å²) in [6, 6.07) is 8.47. The summed E-state index contributed by atoms with van der Waals surface area (Å²) in [5.74, 6) is 0. The van der Waals surface area contributed by atoms with Gasteiger partial charge in [0.1, 0.15) is 0 Å². The molecule has 0 bridgehead atoms. The second-order valence-corrected chi connectivity index (χ2v) is 6.30. The van der Waals surface area contributed by atoms with E-state index in [9.17, 15) is 5.11 Å². The molecule has 0 aliphatic heterocycles. The number of benzene rings is 1. The van der Waals surface area contributed by atoms with E-state index in [0.29, 0.717) is 13.1 Å². The van der Waals surface area contributed by atoms with E-state index < -0.39 is 5.60 Å². The minimum atomic E-state index is -0.715. The van der Waals surface area contributed by atoms with E-state index in [1.165, 1.54) is 5.56 Å². The third kappa shape index (κ3) is 5.48. The van der Waals surface area contributed by atoms with Gasteiger partial charge in [0.25, 0.3) is 0 Å². The average Bonchev–Trinajstić information content (AvgIpc) is 2.25. The van der Waals surface area contributed by atoms with Crippen molar-refractivity contribution in [2.45, 2.75) is 25.5 Å². The molecule has 0 amide bonds. The first-order chi connectivity index (χ1) is 8.30. The van der Waals surface area contributed by atoms with Gasteiger partial charge in [-0.2, -0.15) is 0 Å². The van der Waals surface area contributed by atoms with Crippen LogP contribution in [0.1, 0.15) is 25.5 Å². The first kappa shape index (κ1) is 15.6. The van der Waals surface area contributed by atoms with E-state index in [4.69, 9.17) is 0 Å². The molecule has 2 atom stereocenters. The smallest absolute Gasteiger partial charge is 0.0869 e. The van der Waals surface area contributed by atoms with E-state index in [0.717, 1.165) is 4.47 Å². The fourth-order valence-corrected chi connectivity index (χ4v) is 2.24. The third-order valence-electron chi connectivity index (χ3n) is 2.82. The molecule has 0 aliphatic rings. The topological polar surface area (TPSA) is 35.5 Å². The molecular weight excluding hydrogens is 292 g/mol. The van der Waals surface area contributed by atoms with Crippen LogP contribution >= 0.6 is 15.9 Å². The van der Waals surface area contributed by atoms with Crippen molar-refractivity contribution in [1.29, 1.82) is 0 Å². The number of hydrogen-bond acceptors (Lipinski definition) is 3. The molecule has 1 rings (SSSR count). The largest absolute Gasteiger partial charge is 0.388 e. The van der Waals surface area contributed by atoms with Crippen molar-refractivity contribution in [2.75, 3.05) is 27.2 Å². The molecule has 18 heavy (non-hydrogen) atoms. The molecule has 4 heteroatoms. The normalized spacial score (nSPS) is 16.6. The summed E-state index contributed by atoms with van der Waals surface area (Å²) in [6.45, 7) is 5.18. The van der Waals surface area contributed by atoms with Gasteiger partial charge in [-0.05, 0) is 45.6 Å². The van der Waals surface area contributed by atoms with Gasteiger partial charge in [-0.3, -0.25) is 0 Å². The Labute approximate surface area is 118 Å². The van der Waals surface area contributed by atoms with Gasteiger partial charge >= 0.3 is 0 Å². The fraction of sp³-hybridized carbons (Fsp3) is 0.571. The van der Waals surface area contributed by atoms with Crippen molar-refractivity contribution in [2.24, 2.45) is 0 Å². The molecule has 0 radical (unpaired) electrons. The van der Waals surface area contributed by atoms with Gasteiger partial charge in [-0.1, -0.05) is 28.1 Å². The van der Waals surface area contributed by atoms with Crippen molar-refractivity contribution in [3.05, 3.63) is 34.3 Å². The monoisotopic (exact) mass is 314 g/mol. The summed E-state index contributed by atoms with van der Waals surface area (Å²) in [5, 5.41) is 13.6. The molecule has 0 fully saturated rings. The highest BCUT2D eigenvalue weighted by Crippen LogP contribution is 2.17. The quantitative estimate of drug-likeness (QED) is 0.846. The lowest BCUT2D eigenvalue weighted by molar-refractivity contribution is 0.0317. The maximum atomic E-state index is 10.2. The zero-order valence-electron chi connectivity index (χ0n) is 11.6. The van der Waals surface area contributed by atoms with Crippen LogP contribution in [-0.4, -0.2) is 42.8 Å². The lowest BCUT2D eigenvalue weighted by atomic mass is 10.0. The Morgan fingerprint density at radius 1 is 1.33 bits per heavy atom. The number of nitrogens with zero attached hydrogens (tertiary/aromatic N) is 1. The van der Waals surface area contributed by atoms with Gasteiger partial charge in [0.15, 0.2) is 0 Å². The molecule has 0 aromatic heterocycles. The van der Waals surface area contributed by atoms with E-state index >= 15 is 0 Å². The second-order valence-electron chi connectivity index (χ2n) is 5.39. The van der Waals surface area contributed by atoms with Gasteiger partial charge < -0.3 is 15.3 Å². The predicted octanol–water partition coefficient (Wildman–Crippen LogP) is 2.41. The number of aliphatic hydroxyl groups is 1. The van der Waals surface area contributed by atoms with Gasteiger partial charge in [-0.15, -0.1) is 0 Å². The molecule has 0 spiro atoms. The van der Waals surface area contributed by atoms with Crippen LogP contribution in [0.2, 0.25) is 0 Å². The van der Waals surface area contributed by atoms with Crippen LogP contribution in [0.5, 0.6) is 0 Å². The Hall–Kier alpha value is -0.420. The summed E-state index contributed by atoms with van der Waals surface area (Å²) < 4.78 is 1.08. The Morgan fingerprint density at radius 3 is 2.39 bits per heavy atom. The SMILES string of the molecule is CC(NCC(C)(O)CN(C)C)c1ccc(Br)cc1. The maximum Gasteiger partial charge on any atom is 0.0869 e. The first-order valence-corrected chi connectivity index (χ1v) is 6.95. The maximum absolute atomic E-state index is 10.2. The molecule has 1 aromatic rings. The Balaban J connectivity index is 2.50. The molecular formula is C14H23BrN2O. The van der Waals surface area contributed by atoms with Crippen LogP contribution in [0, 0.1) is 0 Å². The highest BCUT2D eigenvalue weighted by Gasteiger charge is 2.21. The molecule has 2 unspecified atom stereocenters. The molecule has 0 saturated carbocycles. The number of nitrogens with one attached hydrogen (secondary N) is 1. The number of rotatable bonds is 6. The third-order valence-corrected chi connectivity index (χ3v) is 3.34. The fourth-order valence-electron chi connectivity index (χ4n) is 1.98. The van der Waals surface area contributed by atoms with Crippen molar-refractivity contribution in [3.8, 4) is 0 Å². The van der Waals surface area contributed by atoms with Gasteiger partial charge in [0.05, 0.1) is 5.60 Å². The van der Waals surface area contributed by atoms with Crippen LogP contribution in [0.15, 0.2) is 28.7 Å². The summed E-state index contributed by atoms with van der Waals surface area (Å²) >= 11 is 3.43. The molecule has 102 valence electrons. The lowest BCUT2D eigenvalue weighted by Gasteiger charge is -2.29. The van der Waals surface area contributed by atoms with Crippen molar-refractivity contribution in [1.82, 2.24) is 10.2 Å². The van der Waals surface area contributed by atoms with E-state index in [-0.39, 0.29) is 6.04 Å². The molecule has 0 heterocycles. The first-order valence-electron chi connectivity index (χ1n) is 6.16. The van der Waals surface area contributed by atoms with Gasteiger partial charge in [-0.25, -0.2) is 0 Å². The van der Waals surface area contributed by atoms with Crippen LogP contribution in [0.4, 0.5) is 0 Å². The van der Waals surface area contributed by atoms with Crippen LogP contribution in [-0.2, 0) is 0 Å². The summed E-state index contributed by atoms with van der Waals surface area (Å²) in [7, 11) is 3.93. The summed E-state index contributed by atoms with van der Waals surface area (Å²) in [5.41, 5.74) is 0.506. The second kappa shape index (κ2) is 6.66. The Bertz CT molecular complexity index is 363. The van der Waals surface area contributed by atoms with Gasteiger partial charge in [0, 0.05) is 23.6 Å². The van der Waals surface area contributed by atoms with E-state index in [2.05, 4.69) is 40.3 Å². The number of likely N-dealkylation sites (N-methyl/N-ethyl adjacent to an activating group) is 1. The van der Waals surface area contributed by atoms with Crippen molar-refractivity contribution in [3.63, 3.8) is 0 Å². The Morgan fingerprint density at radius 2 is 1.89 bits per heavy atom. The Kier molecular flexibility index (Phi) is 5.79. The van der Waals surface area contributed by atoms with E-state index in [1.807, 2.05) is 38.1 Å². The highest BCUT2D eigenvalue weighted by molar-refractivity contribution is 9.10. The highest BCUT2D eigenvalue weighted by atomic mass is 79.9. The minimum absolute atomic E-state index is 0.228. The van der Waals surface area contributed by atoms with Crippen molar-refractivity contribution >= 4 is 15.9 Å². The molecule has 0 aliphatic carbocycles. The molecule has 0 saturated heterocycles. The minimum Gasteiger partial charge on any atom is -0.388 e. The molecule has 2 N–H and O–H groups in total. The standard InChI is InChI=1S/C14H23BrN2O/c1-11(12-5-7-13(15)8-6-12)16-9-14(2,18)10-17(3)4/h5-8,11,16,18H,9-10H2,1-4H3. The summed E-state index contributed by atoms with van der Waals surface area (Å²) in [4.78, 5) is 1.99. The van der Waals surface area contributed by atoms with Crippen molar-refractivity contribution < 1.29 is 5.11 Å². The number of hydrogen-bond donors (Lipinski definition) is 2. The predicted molar refractivity (Wildman–Crippen MR) is 79.7 cm³/mol. The zero-order valence-corrected chi connectivity index (χ0v) is 13.2. The van der Waals surface area contributed by atoms with Gasteiger partial charge in [0.2, 0.25) is 0 Å². The number of halogens is 1. The molecule has 1 aromatic carbocycles. The van der Waals surface area contributed by atoms with Crippen LogP contribution in [0.25, 0.3) is 0 Å². The zero-order chi connectivity index (χ0) is 13.8. The molecule has 3 nitrogen and oxygen atoms in total. The summed E-state index contributed by atoms with van der Waals surface area (Å²) in [6.07, 6.45) is 0. The van der Waals surface area contributed by atoms with Crippen LogP contribution in [0.3, 0.4) is 0 Å². The lowest BCUT2D eigenvalue weighted by Crippen LogP contribution is -2.46. The van der Waals surface area contributed by atoms with E-state index in [1.54, 1.807) is 0 Å². The average molecular weight is 315 g/mol. The van der Waals surface area contributed by atoms with Crippen LogP contribution < -0.4 is 5.32 Å².